The van der Waals surface area contributed by atoms with Gasteiger partial charge in [0.1, 0.15) is 11.3 Å². The second-order valence-electron chi connectivity index (χ2n) is 10.6. The van der Waals surface area contributed by atoms with E-state index in [1.165, 1.54) is 0 Å². The van der Waals surface area contributed by atoms with Crippen molar-refractivity contribution >= 4 is 22.8 Å². The van der Waals surface area contributed by atoms with Gasteiger partial charge in [-0.05, 0) is 63.1 Å². The number of nitrogens with one attached hydrogen (secondary N) is 1. The van der Waals surface area contributed by atoms with Gasteiger partial charge in [0.2, 0.25) is 5.91 Å². The van der Waals surface area contributed by atoms with E-state index in [2.05, 4.69) is 12.2 Å². The van der Waals surface area contributed by atoms with Gasteiger partial charge in [0.25, 0.3) is 5.91 Å². The molecule has 2 N–H and O–H groups in total. The number of amides is 2. The van der Waals surface area contributed by atoms with Gasteiger partial charge in [0.15, 0.2) is 6.61 Å². The van der Waals surface area contributed by atoms with E-state index >= 15 is 0 Å². The molecule has 1 aromatic carbocycles. The van der Waals surface area contributed by atoms with E-state index in [4.69, 9.17) is 9.15 Å². The van der Waals surface area contributed by atoms with Crippen LogP contribution in [0.25, 0.3) is 11.0 Å². The van der Waals surface area contributed by atoms with Crippen LogP contribution in [0.2, 0.25) is 0 Å². The van der Waals surface area contributed by atoms with Gasteiger partial charge in [-0.2, -0.15) is 0 Å². The van der Waals surface area contributed by atoms with Crippen molar-refractivity contribution < 1.29 is 23.8 Å². The third kappa shape index (κ3) is 6.53. The summed E-state index contributed by atoms with van der Waals surface area (Å²) in [5, 5.41) is 14.5. The van der Waals surface area contributed by atoms with Crippen molar-refractivity contribution in [2.45, 2.75) is 83.7 Å². The average molecular weight is 513 g/mol. The molecule has 1 saturated heterocycles. The van der Waals surface area contributed by atoms with Gasteiger partial charge in [-0.25, -0.2) is 4.79 Å². The first-order chi connectivity index (χ1) is 17.8. The minimum atomic E-state index is -0.588. The maximum absolute atomic E-state index is 12.7. The van der Waals surface area contributed by atoms with Gasteiger partial charge in [0.05, 0.1) is 5.60 Å². The number of unbranched alkanes of at least 4 members (excludes halogenated alkanes) is 1. The summed E-state index contributed by atoms with van der Waals surface area (Å²) in [5.74, 6) is 0.506. The van der Waals surface area contributed by atoms with Gasteiger partial charge in [0, 0.05) is 49.0 Å². The number of aliphatic hydroxyl groups is 1. The van der Waals surface area contributed by atoms with Crippen molar-refractivity contribution in [1.82, 2.24) is 10.2 Å². The van der Waals surface area contributed by atoms with Crippen LogP contribution in [0, 0.1) is 12.8 Å². The summed E-state index contributed by atoms with van der Waals surface area (Å²) in [4.78, 5) is 38.9. The monoisotopic (exact) mass is 512 g/mol. The number of ether oxygens (including phenoxy) is 1. The zero-order valence-electron chi connectivity index (χ0n) is 22.1. The largest absolute Gasteiger partial charge is 0.483 e. The number of hydrogen-bond donors (Lipinski definition) is 2. The Hall–Kier alpha value is -2.87. The molecule has 1 aliphatic heterocycles. The molecule has 1 aliphatic carbocycles. The van der Waals surface area contributed by atoms with Crippen LogP contribution < -0.4 is 15.7 Å². The van der Waals surface area contributed by atoms with Gasteiger partial charge in [-0.3, -0.25) is 9.59 Å². The summed E-state index contributed by atoms with van der Waals surface area (Å²) < 4.78 is 11.2. The molecule has 2 aromatic rings. The van der Waals surface area contributed by atoms with E-state index in [1.54, 1.807) is 6.07 Å². The van der Waals surface area contributed by atoms with Crippen LogP contribution >= 0.6 is 0 Å². The first-order valence-corrected chi connectivity index (χ1v) is 13.8. The third-order valence-corrected chi connectivity index (χ3v) is 8.03. The first kappa shape index (κ1) is 27.2. The van der Waals surface area contributed by atoms with E-state index in [0.717, 1.165) is 55.9 Å². The lowest BCUT2D eigenvalue weighted by molar-refractivity contribution is -0.143. The third-order valence-electron chi connectivity index (χ3n) is 8.03. The van der Waals surface area contributed by atoms with Gasteiger partial charge in [-0.1, -0.05) is 26.2 Å². The van der Waals surface area contributed by atoms with Gasteiger partial charge in [-0.15, -0.1) is 0 Å². The Morgan fingerprint density at radius 3 is 2.89 bits per heavy atom. The normalized spacial score (nSPS) is 21.5. The lowest BCUT2D eigenvalue weighted by Gasteiger charge is -2.47. The highest BCUT2D eigenvalue weighted by Crippen LogP contribution is 2.39. The fourth-order valence-electron chi connectivity index (χ4n) is 5.76. The van der Waals surface area contributed by atoms with Gasteiger partial charge < -0.3 is 24.5 Å². The quantitative estimate of drug-likeness (QED) is 0.370. The second-order valence-corrected chi connectivity index (χ2v) is 10.6. The van der Waals surface area contributed by atoms with E-state index < -0.39 is 5.60 Å². The summed E-state index contributed by atoms with van der Waals surface area (Å²) in [6, 6.07) is 5.24. The van der Waals surface area contributed by atoms with Crippen LogP contribution in [0.15, 0.2) is 27.4 Å². The van der Waals surface area contributed by atoms with Crippen molar-refractivity contribution in [3.63, 3.8) is 0 Å². The fourth-order valence-corrected chi connectivity index (χ4v) is 5.76. The second kappa shape index (κ2) is 12.1. The summed E-state index contributed by atoms with van der Waals surface area (Å²) in [6.45, 7) is 5.41. The highest BCUT2D eigenvalue weighted by molar-refractivity contribution is 5.85. The molecule has 8 nitrogen and oxygen atoms in total. The summed E-state index contributed by atoms with van der Waals surface area (Å²) in [5.41, 5.74) is 1.19. The molecule has 202 valence electrons. The molecule has 2 heterocycles. The Morgan fingerprint density at radius 2 is 2.08 bits per heavy atom. The van der Waals surface area contributed by atoms with E-state index in [0.29, 0.717) is 55.8 Å². The predicted molar refractivity (Wildman–Crippen MR) is 142 cm³/mol. The van der Waals surface area contributed by atoms with Crippen LogP contribution in [-0.4, -0.2) is 53.7 Å². The number of rotatable bonds is 10. The van der Waals surface area contributed by atoms with Crippen molar-refractivity contribution in [3.05, 3.63) is 39.7 Å². The molecular formula is C29H40N2O6. The first-order valence-electron chi connectivity index (χ1n) is 13.8. The molecule has 0 radical (unpaired) electrons. The molecule has 2 amide bonds. The van der Waals surface area contributed by atoms with E-state index in [1.807, 2.05) is 24.0 Å². The molecule has 2 aliphatic rings. The van der Waals surface area contributed by atoms with E-state index in [9.17, 15) is 19.5 Å². The fraction of sp³-hybridized carbons (Fsp3) is 0.621. The van der Waals surface area contributed by atoms with Crippen LogP contribution in [0.5, 0.6) is 5.75 Å². The Morgan fingerprint density at radius 1 is 1.24 bits per heavy atom. The number of carbonyl (C=O) groups is 2. The number of likely N-dealkylation sites (tertiary alicyclic amines) is 1. The van der Waals surface area contributed by atoms with Crippen molar-refractivity contribution in [3.8, 4) is 5.75 Å². The molecule has 2 fully saturated rings. The molecule has 0 unspecified atom stereocenters. The van der Waals surface area contributed by atoms with Crippen LogP contribution in [-0.2, 0) is 16.0 Å². The van der Waals surface area contributed by atoms with Crippen molar-refractivity contribution in [2.75, 3.05) is 26.2 Å². The summed E-state index contributed by atoms with van der Waals surface area (Å²) >= 11 is 0. The number of piperidine rings is 1. The molecule has 8 heteroatoms. The molecule has 0 bridgehead atoms. The molecule has 2 atom stereocenters. The standard InChI is InChI=1S/C29H40N2O6/c1-3-4-8-21-17-27(34)37-28-20(2)24(12-11-23(21)28)36-19-25(32)30-15-7-10-26(33)31-16-14-29(35)13-6-5-9-22(29)18-31/h11-12,17,22,35H,3-10,13-16,18-19H2,1-2H3,(H,30,32)/t22-,29+/m1/s1. The maximum Gasteiger partial charge on any atom is 0.336 e. The Kier molecular flexibility index (Phi) is 8.90. The molecule has 4 rings (SSSR count). The van der Waals surface area contributed by atoms with Crippen LogP contribution in [0.4, 0.5) is 0 Å². The average Bonchev–Trinajstić information content (AvgIpc) is 2.89. The number of hydrogen-bond acceptors (Lipinski definition) is 6. The van der Waals surface area contributed by atoms with Crippen LogP contribution in [0.3, 0.4) is 0 Å². The Labute approximate surface area is 218 Å². The lowest BCUT2D eigenvalue weighted by Crippen LogP contribution is -2.54. The topological polar surface area (TPSA) is 109 Å². The zero-order valence-corrected chi connectivity index (χ0v) is 22.1. The number of fused-ring (bicyclic) bond motifs is 2. The van der Waals surface area contributed by atoms with Crippen LogP contribution in [0.1, 0.15) is 75.8 Å². The Bertz CT molecular complexity index is 1170. The minimum Gasteiger partial charge on any atom is -0.483 e. The van der Waals surface area contributed by atoms with E-state index in [-0.39, 0.29) is 30.0 Å². The summed E-state index contributed by atoms with van der Waals surface area (Å²) in [6.07, 6.45) is 8.44. The summed E-state index contributed by atoms with van der Waals surface area (Å²) in [7, 11) is 0. The van der Waals surface area contributed by atoms with Crippen molar-refractivity contribution in [1.29, 1.82) is 0 Å². The number of benzene rings is 1. The minimum absolute atomic E-state index is 0.0877. The van der Waals surface area contributed by atoms with Gasteiger partial charge >= 0.3 is 5.63 Å². The zero-order chi connectivity index (χ0) is 26.4. The Balaban J connectivity index is 1.22. The predicted octanol–water partition coefficient (Wildman–Crippen LogP) is 3.87. The highest BCUT2D eigenvalue weighted by atomic mass is 16.5. The lowest BCUT2D eigenvalue weighted by atomic mass is 9.71. The molecule has 0 spiro atoms. The highest BCUT2D eigenvalue weighted by Gasteiger charge is 2.43. The smallest absolute Gasteiger partial charge is 0.336 e. The maximum atomic E-state index is 12.7. The van der Waals surface area contributed by atoms with Crippen molar-refractivity contribution in [2.24, 2.45) is 5.92 Å². The molecule has 1 aromatic heterocycles. The number of carbonyl (C=O) groups excluding carboxylic acids is 2. The molecule has 37 heavy (non-hydrogen) atoms. The SMILES string of the molecule is CCCCc1cc(=O)oc2c(C)c(OCC(=O)NCCCC(=O)N3CC[C@@]4(O)CCCC[C@@H]4C3)ccc12. The number of nitrogens with zero attached hydrogens (tertiary/aromatic N) is 1. The number of aryl methyl sites for hydroxylation is 2. The molecule has 1 saturated carbocycles. The molecular weight excluding hydrogens is 472 g/mol.